The maximum atomic E-state index is 9.33. The summed E-state index contributed by atoms with van der Waals surface area (Å²) in [7, 11) is 0. The van der Waals surface area contributed by atoms with E-state index in [1.54, 1.807) is 0 Å². The summed E-state index contributed by atoms with van der Waals surface area (Å²) in [6, 6.07) is 9.55. The van der Waals surface area contributed by atoms with E-state index < -0.39 is 6.10 Å². The molecule has 16 heavy (non-hydrogen) atoms. The Labute approximate surface area is 99.7 Å². The van der Waals surface area contributed by atoms with Gasteiger partial charge in [0.1, 0.15) is 0 Å². The van der Waals surface area contributed by atoms with Crippen LogP contribution in [-0.4, -0.2) is 34.7 Å². The van der Waals surface area contributed by atoms with E-state index in [9.17, 15) is 5.11 Å². The molecular formula is C11H16ClNO3. The van der Waals surface area contributed by atoms with Crippen molar-refractivity contribution in [2.45, 2.75) is 18.6 Å². The number of aliphatic hydroxyl groups is 1. The van der Waals surface area contributed by atoms with Crippen LogP contribution in [0.4, 0.5) is 0 Å². The van der Waals surface area contributed by atoms with E-state index in [-0.39, 0.29) is 18.4 Å². The van der Waals surface area contributed by atoms with E-state index in [1.165, 1.54) is 0 Å². The van der Waals surface area contributed by atoms with Crippen LogP contribution in [-0.2, 0) is 11.2 Å². The van der Waals surface area contributed by atoms with Crippen LogP contribution in [0.5, 0.6) is 0 Å². The Bertz CT molecular complexity index is 282. The minimum atomic E-state index is -0.623. The SMILES string of the molecule is NC(Cc1ccccc1)C(O)CCl.O=CO. The van der Waals surface area contributed by atoms with Gasteiger partial charge in [-0.1, -0.05) is 30.3 Å². The first-order valence-corrected chi connectivity index (χ1v) is 5.30. The average Bonchev–Trinajstić information content (AvgIpc) is 2.30. The minimum absolute atomic E-state index is 0.188. The fraction of sp³-hybridized carbons (Fsp3) is 0.364. The van der Waals surface area contributed by atoms with Crippen molar-refractivity contribution in [3.8, 4) is 0 Å². The summed E-state index contributed by atoms with van der Waals surface area (Å²) in [5, 5.41) is 16.2. The largest absolute Gasteiger partial charge is 0.483 e. The van der Waals surface area contributed by atoms with Gasteiger partial charge in [-0.25, -0.2) is 0 Å². The summed E-state index contributed by atoms with van der Waals surface area (Å²) in [5.74, 6) is 0.188. The molecule has 90 valence electrons. The predicted molar refractivity (Wildman–Crippen MR) is 63.5 cm³/mol. The first kappa shape index (κ1) is 14.9. The van der Waals surface area contributed by atoms with Crippen LogP contribution >= 0.6 is 11.6 Å². The van der Waals surface area contributed by atoms with Gasteiger partial charge in [-0.15, -0.1) is 11.6 Å². The van der Waals surface area contributed by atoms with Crippen molar-refractivity contribution < 1.29 is 15.0 Å². The van der Waals surface area contributed by atoms with Crippen LogP contribution in [0.3, 0.4) is 0 Å². The Morgan fingerprint density at radius 1 is 1.38 bits per heavy atom. The quantitative estimate of drug-likeness (QED) is 0.543. The van der Waals surface area contributed by atoms with Crippen LogP contribution in [0.25, 0.3) is 0 Å². The van der Waals surface area contributed by atoms with Crippen LogP contribution in [0.15, 0.2) is 30.3 Å². The van der Waals surface area contributed by atoms with E-state index in [4.69, 9.17) is 27.2 Å². The Morgan fingerprint density at radius 3 is 2.31 bits per heavy atom. The smallest absolute Gasteiger partial charge is 0.290 e. The normalized spacial score (nSPS) is 13.2. The molecule has 4 N–H and O–H groups in total. The molecule has 0 heterocycles. The van der Waals surface area contributed by atoms with Crippen LogP contribution in [0.1, 0.15) is 5.56 Å². The molecule has 0 spiro atoms. The molecule has 1 rings (SSSR count). The zero-order chi connectivity index (χ0) is 12.4. The molecule has 0 aromatic heterocycles. The number of halogens is 1. The van der Waals surface area contributed by atoms with Gasteiger partial charge in [-0.3, -0.25) is 4.79 Å². The van der Waals surface area contributed by atoms with Gasteiger partial charge in [0.05, 0.1) is 6.10 Å². The summed E-state index contributed by atoms with van der Waals surface area (Å²) in [6.45, 7) is -0.250. The van der Waals surface area contributed by atoms with E-state index >= 15 is 0 Å². The molecule has 4 nitrogen and oxygen atoms in total. The molecule has 1 aromatic rings. The molecule has 2 unspecified atom stereocenters. The Balaban J connectivity index is 0.000000673. The molecule has 0 amide bonds. The van der Waals surface area contributed by atoms with Gasteiger partial charge in [0.2, 0.25) is 0 Å². The second-order valence-electron chi connectivity index (χ2n) is 3.18. The second-order valence-corrected chi connectivity index (χ2v) is 3.49. The Hall–Kier alpha value is -1.10. The molecule has 0 aliphatic rings. The highest BCUT2D eigenvalue weighted by molar-refractivity contribution is 6.18. The maximum absolute atomic E-state index is 9.33. The number of benzene rings is 1. The second kappa shape index (κ2) is 9.15. The maximum Gasteiger partial charge on any atom is 0.290 e. The zero-order valence-corrected chi connectivity index (χ0v) is 9.55. The van der Waals surface area contributed by atoms with Crippen molar-refractivity contribution in [2.24, 2.45) is 5.73 Å². The molecule has 1 aromatic carbocycles. The summed E-state index contributed by atoms with van der Waals surface area (Å²) in [6.07, 6.45) is 0.0382. The monoisotopic (exact) mass is 245 g/mol. The van der Waals surface area contributed by atoms with E-state index in [1.807, 2.05) is 30.3 Å². The summed E-state index contributed by atoms with van der Waals surface area (Å²) >= 11 is 5.48. The van der Waals surface area contributed by atoms with Crippen molar-refractivity contribution in [1.82, 2.24) is 0 Å². The summed E-state index contributed by atoms with van der Waals surface area (Å²) in [5.41, 5.74) is 6.85. The number of hydrogen-bond donors (Lipinski definition) is 3. The molecule has 0 fully saturated rings. The van der Waals surface area contributed by atoms with Gasteiger partial charge in [0, 0.05) is 11.9 Å². The topological polar surface area (TPSA) is 83.5 Å². The molecule has 0 aliphatic heterocycles. The standard InChI is InChI=1S/C10H14ClNO.CH2O2/c11-7-10(13)9(12)6-8-4-2-1-3-5-8;2-1-3/h1-5,9-10,13H,6-7,12H2;1H,(H,2,3). The van der Waals surface area contributed by atoms with Gasteiger partial charge in [0.25, 0.3) is 6.47 Å². The third-order valence-corrected chi connectivity index (χ3v) is 2.28. The van der Waals surface area contributed by atoms with E-state index in [0.717, 1.165) is 5.56 Å². The third kappa shape index (κ3) is 6.40. The lowest BCUT2D eigenvalue weighted by Gasteiger charge is -2.15. The minimum Gasteiger partial charge on any atom is -0.483 e. The highest BCUT2D eigenvalue weighted by Crippen LogP contribution is 2.05. The first-order valence-electron chi connectivity index (χ1n) is 4.77. The summed E-state index contributed by atoms with van der Waals surface area (Å²) in [4.78, 5) is 8.36. The number of hydrogen-bond acceptors (Lipinski definition) is 3. The first-order chi connectivity index (χ1) is 7.65. The van der Waals surface area contributed by atoms with Crippen LogP contribution < -0.4 is 5.73 Å². The van der Waals surface area contributed by atoms with Crippen molar-refractivity contribution >= 4 is 18.1 Å². The predicted octanol–water partition coefficient (Wildman–Crippen LogP) is 0.857. The highest BCUT2D eigenvalue weighted by atomic mass is 35.5. The van der Waals surface area contributed by atoms with Crippen molar-refractivity contribution in [3.63, 3.8) is 0 Å². The van der Waals surface area contributed by atoms with Gasteiger partial charge in [0.15, 0.2) is 0 Å². The van der Waals surface area contributed by atoms with Crippen LogP contribution in [0, 0.1) is 0 Å². The Morgan fingerprint density at radius 2 is 1.88 bits per heavy atom. The van der Waals surface area contributed by atoms with Gasteiger partial charge in [-0.05, 0) is 12.0 Å². The fourth-order valence-corrected chi connectivity index (χ4v) is 1.37. The fourth-order valence-electron chi connectivity index (χ4n) is 1.14. The molecular weight excluding hydrogens is 230 g/mol. The molecule has 2 atom stereocenters. The molecule has 0 bridgehead atoms. The Kier molecular flexibility index (Phi) is 8.52. The van der Waals surface area contributed by atoms with Crippen molar-refractivity contribution in [1.29, 1.82) is 0 Å². The van der Waals surface area contributed by atoms with E-state index in [0.29, 0.717) is 6.42 Å². The summed E-state index contributed by atoms with van der Waals surface area (Å²) < 4.78 is 0. The molecule has 0 saturated heterocycles. The zero-order valence-electron chi connectivity index (χ0n) is 8.79. The van der Waals surface area contributed by atoms with Gasteiger partial charge >= 0.3 is 0 Å². The number of carbonyl (C=O) groups is 1. The molecule has 0 radical (unpaired) electrons. The highest BCUT2D eigenvalue weighted by Gasteiger charge is 2.13. The number of nitrogens with two attached hydrogens (primary N) is 1. The van der Waals surface area contributed by atoms with Crippen LogP contribution in [0.2, 0.25) is 0 Å². The van der Waals surface area contributed by atoms with Crippen molar-refractivity contribution in [3.05, 3.63) is 35.9 Å². The number of carboxylic acid groups (broad SMARTS) is 1. The van der Waals surface area contributed by atoms with Crippen molar-refractivity contribution in [2.75, 3.05) is 5.88 Å². The number of alkyl halides is 1. The van der Waals surface area contributed by atoms with Gasteiger partial charge in [-0.2, -0.15) is 0 Å². The third-order valence-electron chi connectivity index (χ3n) is 1.97. The number of aliphatic hydroxyl groups excluding tert-OH is 1. The number of rotatable bonds is 4. The lowest BCUT2D eigenvalue weighted by molar-refractivity contribution is -0.122. The average molecular weight is 246 g/mol. The molecule has 0 saturated carbocycles. The lowest BCUT2D eigenvalue weighted by atomic mass is 10.0. The van der Waals surface area contributed by atoms with Gasteiger partial charge < -0.3 is 15.9 Å². The lowest BCUT2D eigenvalue weighted by Crippen LogP contribution is -2.37. The van der Waals surface area contributed by atoms with E-state index in [2.05, 4.69) is 0 Å². The molecule has 0 aliphatic carbocycles. The molecule has 5 heteroatoms.